The van der Waals surface area contributed by atoms with Crippen LogP contribution in [0.15, 0.2) is 101 Å². The number of carbonyl (C=O) groups excluding carboxylic acids is 2. The molecule has 0 aliphatic rings. The molecule has 0 saturated heterocycles. The standard InChI is InChI=1S/C37H40N6O3S/c1-7-29(24-11-9-8-10-12-24)43-35(44)25-13-20-32(47-27-16-14-26(15-17-27)40-36(45)46-37(4,5)6)31(21-25)42-34-28-18-19-30(23(2)3)41-33(28)38-22-39-34/h8-23,29H,7H2,1-6H3,(H,40,45)(H,43,44)(H,38,39,41,42). The van der Waals surface area contributed by atoms with Gasteiger partial charge in [-0.1, -0.05) is 62.9 Å². The van der Waals surface area contributed by atoms with Gasteiger partial charge in [0, 0.05) is 26.7 Å². The average Bonchev–Trinajstić information content (AvgIpc) is 3.04. The molecule has 1 atom stereocenters. The first-order valence-electron chi connectivity index (χ1n) is 15.7. The van der Waals surface area contributed by atoms with Gasteiger partial charge >= 0.3 is 6.09 Å². The fourth-order valence-corrected chi connectivity index (χ4v) is 5.75. The number of pyridine rings is 1. The highest BCUT2D eigenvalue weighted by Crippen LogP contribution is 2.37. The Morgan fingerprint density at radius 1 is 0.915 bits per heavy atom. The van der Waals surface area contributed by atoms with E-state index in [-0.39, 0.29) is 17.9 Å². The topological polar surface area (TPSA) is 118 Å². The maximum absolute atomic E-state index is 13.6. The minimum atomic E-state index is -0.590. The third kappa shape index (κ3) is 8.86. The molecule has 3 aromatic carbocycles. The predicted octanol–water partition coefficient (Wildman–Crippen LogP) is 9.27. The number of anilines is 3. The number of ether oxygens (including phenoxy) is 1. The van der Waals surface area contributed by atoms with Gasteiger partial charge in [-0.25, -0.2) is 19.7 Å². The van der Waals surface area contributed by atoms with Crippen molar-refractivity contribution in [2.24, 2.45) is 0 Å². The smallest absolute Gasteiger partial charge is 0.412 e. The Kier molecular flexibility index (Phi) is 10.4. The van der Waals surface area contributed by atoms with Gasteiger partial charge in [0.05, 0.1) is 17.1 Å². The zero-order chi connectivity index (χ0) is 33.6. The molecule has 242 valence electrons. The molecule has 2 amide bonds. The molecule has 0 bridgehead atoms. The van der Waals surface area contributed by atoms with Gasteiger partial charge in [0.1, 0.15) is 17.7 Å². The molecule has 0 radical (unpaired) electrons. The van der Waals surface area contributed by atoms with Crippen LogP contribution in [0.5, 0.6) is 0 Å². The maximum Gasteiger partial charge on any atom is 0.412 e. The SMILES string of the molecule is CCC(NC(=O)c1ccc(Sc2ccc(NC(=O)OC(C)(C)C)cc2)c(Nc2ncnc3nc(C(C)C)ccc23)c1)c1ccccc1. The van der Waals surface area contributed by atoms with E-state index in [1.165, 1.54) is 18.1 Å². The van der Waals surface area contributed by atoms with E-state index in [1.54, 1.807) is 0 Å². The summed E-state index contributed by atoms with van der Waals surface area (Å²) >= 11 is 1.52. The number of hydrogen-bond donors (Lipinski definition) is 3. The zero-order valence-electron chi connectivity index (χ0n) is 27.5. The molecular formula is C37H40N6O3S. The predicted molar refractivity (Wildman–Crippen MR) is 189 cm³/mol. The Labute approximate surface area is 280 Å². The molecule has 2 aromatic heterocycles. The summed E-state index contributed by atoms with van der Waals surface area (Å²) in [5, 5.41) is 10.2. The second-order valence-electron chi connectivity index (χ2n) is 12.4. The number of benzene rings is 3. The van der Waals surface area contributed by atoms with Gasteiger partial charge in [0.25, 0.3) is 5.91 Å². The van der Waals surface area contributed by atoms with E-state index < -0.39 is 11.7 Å². The second-order valence-corrected chi connectivity index (χ2v) is 13.5. The van der Waals surface area contributed by atoms with Gasteiger partial charge in [0.15, 0.2) is 5.65 Å². The lowest BCUT2D eigenvalue weighted by Gasteiger charge is -2.20. The van der Waals surface area contributed by atoms with Crippen LogP contribution in [0.3, 0.4) is 0 Å². The lowest BCUT2D eigenvalue weighted by molar-refractivity contribution is 0.0635. The van der Waals surface area contributed by atoms with Crippen molar-refractivity contribution >= 4 is 52.0 Å². The van der Waals surface area contributed by atoms with Crippen molar-refractivity contribution in [1.82, 2.24) is 20.3 Å². The van der Waals surface area contributed by atoms with Crippen molar-refractivity contribution in [3.8, 4) is 0 Å². The Morgan fingerprint density at radius 3 is 2.34 bits per heavy atom. The van der Waals surface area contributed by atoms with Gasteiger partial charge in [-0.2, -0.15) is 0 Å². The first kappa shape index (κ1) is 33.4. The van der Waals surface area contributed by atoms with Crippen LogP contribution >= 0.6 is 11.8 Å². The molecule has 0 spiro atoms. The summed E-state index contributed by atoms with van der Waals surface area (Å²) in [6, 6.07) is 26.9. The van der Waals surface area contributed by atoms with Gasteiger partial charge in [-0.3, -0.25) is 10.1 Å². The number of rotatable bonds is 10. The minimum Gasteiger partial charge on any atom is -0.444 e. The van der Waals surface area contributed by atoms with Gasteiger partial charge in [-0.05, 0) is 93.3 Å². The number of nitrogens with one attached hydrogen (secondary N) is 3. The highest BCUT2D eigenvalue weighted by atomic mass is 32.2. The number of fused-ring (bicyclic) bond motifs is 1. The van der Waals surface area contributed by atoms with Crippen LogP contribution in [-0.4, -0.2) is 32.6 Å². The third-order valence-electron chi connectivity index (χ3n) is 7.25. The minimum absolute atomic E-state index is 0.117. The van der Waals surface area contributed by atoms with E-state index in [2.05, 4.69) is 46.7 Å². The normalized spacial score (nSPS) is 12.1. The zero-order valence-corrected chi connectivity index (χ0v) is 28.3. The van der Waals surface area contributed by atoms with Crippen LogP contribution < -0.4 is 16.0 Å². The largest absolute Gasteiger partial charge is 0.444 e. The fraction of sp³-hybridized carbons (Fsp3) is 0.270. The van der Waals surface area contributed by atoms with E-state index >= 15 is 0 Å². The Hall–Kier alpha value is -4.96. The van der Waals surface area contributed by atoms with E-state index in [4.69, 9.17) is 9.72 Å². The number of nitrogens with zero attached hydrogens (tertiary/aromatic N) is 3. The summed E-state index contributed by atoms with van der Waals surface area (Å²) in [5.41, 5.74) is 3.86. The Bertz CT molecular complexity index is 1860. The van der Waals surface area contributed by atoms with Crippen LogP contribution in [0.2, 0.25) is 0 Å². The summed E-state index contributed by atoms with van der Waals surface area (Å²) in [7, 11) is 0. The van der Waals surface area contributed by atoms with Crippen molar-refractivity contribution in [3.05, 3.63) is 108 Å². The van der Waals surface area contributed by atoms with Crippen molar-refractivity contribution in [2.75, 3.05) is 10.6 Å². The van der Waals surface area contributed by atoms with Crippen LogP contribution in [0.1, 0.15) is 81.5 Å². The van der Waals surface area contributed by atoms with Crippen LogP contribution in [0.25, 0.3) is 11.0 Å². The number of hydrogen-bond acceptors (Lipinski definition) is 8. The molecule has 0 aliphatic carbocycles. The highest BCUT2D eigenvalue weighted by molar-refractivity contribution is 7.99. The summed E-state index contributed by atoms with van der Waals surface area (Å²) in [6.45, 7) is 11.7. The van der Waals surface area contributed by atoms with Crippen molar-refractivity contribution in [2.45, 2.75) is 75.3 Å². The second kappa shape index (κ2) is 14.6. The first-order valence-corrected chi connectivity index (χ1v) is 16.5. The molecule has 47 heavy (non-hydrogen) atoms. The summed E-state index contributed by atoms with van der Waals surface area (Å²) in [6.07, 6.45) is 1.74. The quantitative estimate of drug-likeness (QED) is 0.137. The van der Waals surface area contributed by atoms with E-state index in [9.17, 15) is 9.59 Å². The molecule has 0 saturated carbocycles. The van der Waals surface area contributed by atoms with Crippen LogP contribution in [0, 0.1) is 0 Å². The number of carbonyl (C=O) groups is 2. The first-order chi connectivity index (χ1) is 22.5. The van der Waals surface area contributed by atoms with Gasteiger partial charge in [0.2, 0.25) is 0 Å². The van der Waals surface area contributed by atoms with Crippen molar-refractivity contribution in [3.63, 3.8) is 0 Å². The molecule has 1 unspecified atom stereocenters. The molecule has 0 fully saturated rings. The summed E-state index contributed by atoms with van der Waals surface area (Å²) in [5.74, 6) is 0.677. The molecule has 2 heterocycles. The fourth-order valence-electron chi connectivity index (χ4n) is 4.87. The monoisotopic (exact) mass is 648 g/mol. The molecule has 9 nitrogen and oxygen atoms in total. The van der Waals surface area contributed by atoms with E-state index in [0.717, 1.165) is 32.9 Å². The van der Waals surface area contributed by atoms with Gasteiger partial charge in [-0.15, -0.1) is 0 Å². The molecular weight excluding hydrogens is 609 g/mol. The summed E-state index contributed by atoms with van der Waals surface area (Å²) < 4.78 is 5.36. The highest BCUT2D eigenvalue weighted by Gasteiger charge is 2.19. The Balaban J connectivity index is 1.44. The lowest BCUT2D eigenvalue weighted by Crippen LogP contribution is -2.28. The molecule has 0 aliphatic heterocycles. The number of amides is 2. The average molecular weight is 649 g/mol. The number of aromatic nitrogens is 3. The van der Waals surface area contributed by atoms with E-state index in [1.807, 2.05) is 106 Å². The molecule has 5 rings (SSSR count). The van der Waals surface area contributed by atoms with Gasteiger partial charge < -0.3 is 15.4 Å². The van der Waals surface area contributed by atoms with Crippen LogP contribution in [-0.2, 0) is 4.74 Å². The van der Waals surface area contributed by atoms with E-state index in [0.29, 0.717) is 28.4 Å². The summed E-state index contributed by atoms with van der Waals surface area (Å²) in [4.78, 5) is 41.3. The Morgan fingerprint density at radius 2 is 1.66 bits per heavy atom. The molecule has 10 heteroatoms. The van der Waals surface area contributed by atoms with Crippen LogP contribution in [0.4, 0.5) is 22.0 Å². The maximum atomic E-state index is 13.6. The van der Waals surface area contributed by atoms with Crippen molar-refractivity contribution < 1.29 is 14.3 Å². The van der Waals surface area contributed by atoms with Crippen molar-refractivity contribution in [1.29, 1.82) is 0 Å². The molecule has 5 aromatic rings. The molecule has 3 N–H and O–H groups in total. The third-order valence-corrected chi connectivity index (χ3v) is 8.33. The lowest BCUT2D eigenvalue weighted by atomic mass is 10.0.